The largest absolute Gasteiger partial charge is 0.464 e. The Kier molecular flexibility index (Phi) is 8.41. The fourth-order valence-corrected chi connectivity index (χ4v) is 3.23. The van der Waals surface area contributed by atoms with Gasteiger partial charge in [0.25, 0.3) is 0 Å². The zero-order valence-electron chi connectivity index (χ0n) is 15.7. The molecule has 1 aromatic carbocycles. The van der Waals surface area contributed by atoms with Crippen molar-refractivity contribution in [3.05, 3.63) is 30.3 Å². The molecule has 1 saturated carbocycles. The number of ether oxygens (including phenoxy) is 3. The van der Waals surface area contributed by atoms with E-state index in [4.69, 9.17) is 14.2 Å². The van der Waals surface area contributed by atoms with Crippen LogP contribution in [0.4, 0.5) is 5.69 Å². The van der Waals surface area contributed by atoms with E-state index in [0.29, 0.717) is 32.6 Å². The van der Waals surface area contributed by atoms with Gasteiger partial charge < -0.3 is 19.1 Å². The third-order valence-electron chi connectivity index (χ3n) is 4.77. The molecular formula is C20H29NO5. The van der Waals surface area contributed by atoms with Crippen molar-refractivity contribution in [3.8, 4) is 0 Å². The molecule has 26 heavy (non-hydrogen) atoms. The molecule has 0 N–H and O–H groups in total. The van der Waals surface area contributed by atoms with Crippen LogP contribution in [0.5, 0.6) is 0 Å². The molecule has 2 atom stereocenters. The number of para-hydroxylation sites is 1. The maximum absolute atomic E-state index is 12.5. The van der Waals surface area contributed by atoms with Gasteiger partial charge in [-0.1, -0.05) is 31.0 Å². The summed E-state index contributed by atoms with van der Waals surface area (Å²) in [7, 11) is 3.51. The quantitative estimate of drug-likeness (QED) is 0.496. The second-order valence-corrected chi connectivity index (χ2v) is 6.58. The van der Waals surface area contributed by atoms with Crippen molar-refractivity contribution in [2.24, 2.45) is 11.8 Å². The van der Waals surface area contributed by atoms with Crippen molar-refractivity contribution < 1.29 is 23.8 Å². The molecule has 6 nitrogen and oxygen atoms in total. The molecule has 1 aliphatic carbocycles. The van der Waals surface area contributed by atoms with Crippen LogP contribution in [-0.4, -0.2) is 52.5 Å². The molecule has 0 radical (unpaired) electrons. The predicted octanol–water partition coefficient (Wildman–Crippen LogP) is 2.66. The van der Waals surface area contributed by atoms with Crippen LogP contribution >= 0.6 is 0 Å². The van der Waals surface area contributed by atoms with Crippen LogP contribution < -0.4 is 4.90 Å². The zero-order valence-corrected chi connectivity index (χ0v) is 15.7. The molecule has 1 aliphatic rings. The van der Waals surface area contributed by atoms with Crippen LogP contribution in [0, 0.1) is 11.8 Å². The summed E-state index contributed by atoms with van der Waals surface area (Å²) in [6.07, 6.45) is 3.23. The maximum Gasteiger partial charge on any atom is 0.309 e. The van der Waals surface area contributed by atoms with E-state index < -0.39 is 11.8 Å². The number of rotatable bonds is 9. The van der Waals surface area contributed by atoms with Gasteiger partial charge in [-0.15, -0.1) is 0 Å². The van der Waals surface area contributed by atoms with Gasteiger partial charge in [0, 0.05) is 19.8 Å². The summed E-state index contributed by atoms with van der Waals surface area (Å²) in [4.78, 5) is 26.8. The molecule has 0 saturated heterocycles. The molecule has 0 spiro atoms. The number of esters is 2. The van der Waals surface area contributed by atoms with Crippen LogP contribution in [-0.2, 0) is 23.8 Å². The summed E-state index contributed by atoms with van der Waals surface area (Å²) in [6.45, 7) is 1.48. The van der Waals surface area contributed by atoms with Crippen LogP contribution in [0.3, 0.4) is 0 Å². The minimum atomic E-state index is -0.403. The standard InChI is InChI=1S/C20H29NO5/c1-21(16-8-4-3-5-9-16)12-13-25-19(22)17-10-6-7-11-18(17)20(23)26-15-14-24-2/h3-5,8-9,17-18H,6-7,10-15H2,1-2H3. The molecule has 6 heteroatoms. The number of methoxy groups -OCH3 is 1. The molecule has 0 aliphatic heterocycles. The smallest absolute Gasteiger partial charge is 0.309 e. The van der Waals surface area contributed by atoms with Gasteiger partial charge in [0.2, 0.25) is 0 Å². The first-order valence-electron chi connectivity index (χ1n) is 9.22. The molecule has 2 unspecified atom stereocenters. The highest BCUT2D eigenvalue weighted by Crippen LogP contribution is 2.32. The van der Waals surface area contributed by atoms with Crippen molar-refractivity contribution in [1.29, 1.82) is 0 Å². The monoisotopic (exact) mass is 363 g/mol. The number of carbonyl (C=O) groups is 2. The molecule has 1 aromatic rings. The Labute approximate surface area is 155 Å². The van der Waals surface area contributed by atoms with Gasteiger partial charge in [-0.05, 0) is 25.0 Å². The van der Waals surface area contributed by atoms with E-state index in [0.717, 1.165) is 18.5 Å². The molecule has 144 valence electrons. The number of anilines is 1. The average Bonchev–Trinajstić information content (AvgIpc) is 2.68. The Bertz CT molecular complexity index is 563. The summed E-state index contributed by atoms with van der Waals surface area (Å²) in [5.41, 5.74) is 1.07. The summed E-state index contributed by atoms with van der Waals surface area (Å²) >= 11 is 0. The van der Waals surface area contributed by atoms with Crippen molar-refractivity contribution in [3.63, 3.8) is 0 Å². The van der Waals surface area contributed by atoms with E-state index in [1.54, 1.807) is 7.11 Å². The molecule has 0 amide bonds. The van der Waals surface area contributed by atoms with Crippen LogP contribution in [0.2, 0.25) is 0 Å². The van der Waals surface area contributed by atoms with Gasteiger partial charge in [-0.3, -0.25) is 9.59 Å². The van der Waals surface area contributed by atoms with E-state index in [-0.39, 0.29) is 18.5 Å². The predicted molar refractivity (Wildman–Crippen MR) is 99.0 cm³/mol. The summed E-state index contributed by atoms with van der Waals surface area (Å²) in [5, 5.41) is 0. The highest BCUT2D eigenvalue weighted by molar-refractivity contribution is 5.82. The Morgan fingerprint density at radius 2 is 1.54 bits per heavy atom. The van der Waals surface area contributed by atoms with E-state index in [9.17, 15) is 9.59 Å². The number of hydrogen-bond acceptors (Lipinski definition) is 6. The van der Waals surface area contributed by atoms with E-state index in [1.807, 2.05) is 42.3 Å². The van der Waals surface area contributed by atoms with Gasteiger partial charge in [0.05, 0.1) is 25.0 Å². The SMILES string of the molecule is COCCOC(=O)C1CCCCC1C(=O)OCCN(C)c1ccccc1. The maximum atomic E-state index is 12.5. The number of carbonyl (C=O) groups excluding carboxylic acids is 2. The third kappa shape index (κ3) is 6.02. The molecule has 0 aromatic heterocycles. The number of hydrogen-bond donors (Lipinski definition) is 0. The minimum Gasteiger partial charge on any atom is -0.464 e. The molecule has 0 heterocycles. The molecule has 0 bridgehead atoms. The number of likely N-dealkylation sites (N-methyl/N-ethyl adjacent to an activating group) is 1. The van der Waals surface area contributed by atoms with E-state index in [1.165, 1.54) is 0 Å². The van der Waals surface area contributed by atoms with Crippen LogP contribution in [0.1, 0.15) is 25.7 Å². The van der Waals surface area contributed by atoms with Crippen molar-refractivity contribution in [2.45, 2.75) is 25.7 Å². The highest BCUT2D eigenvalue weighted by atomic mass is 16.6. The lowest BCUT2D eigenvalue weighted by Crippen LogP contribution is -2.36. The molecule has 2 rings (SSSR count). The first kappa shape index (κ1) is 20.2. The van der Waals surface area contributed by atoms with Gasteiger partial charge in [0.15, 0.2) is 0 Å². The first-order chi connectivity index (χ1) is 12.6. The number of nitrogens with zero attached hydrogens (tertiary/aromatic N) is 1. The van der Waals surface area contributed by atoms with Crippen molar-refractivity contribution in [2.75, 3.05) is 45.4 Å². The molecule has 1 fully saturated rings. The summed E-state index contributed by atoms with van der Waals surface area (Å²) in [5.74, 6) is -1.41. The van der Waals surface area contributed by atoms with Gasteiger partial charge >= 0.3 is 11.9 Å². The van der Waals surface area contributed by atoms with Crippen molar-refractivity contribution >= 4 is 17.6 Å². The van der Waals surface area contributed by atoms with Crippen molar-refractivity contribution in [1.82, 2.24) is 0 Å². The molecular weight excluding hydrogens is 334 g/mol. The average molecular weight is 363 g/mol. The first-order valence-corrected chi connectivity index (χ1v) is 9.22. The van der Waals surface area contributed by atoms with Crippen LogP contribution in [0.15, 0.2) is 30.3 Å². The second-order valence-electron chi connectivity index (χ2n) is 6.58. The van der Waals surface area contributed by atoms with Crippen LogP contribution in [0.25, 0.3) is 0 Å². The Morgan fingerprint density at radius 3 is 2.12 bits per heavy atom. The Balaban J connectivity index is 1.81. The minimum absolute atomic E-state index is 0.218. The second kappa shape index (κ2) is 10.8. The van der Waals surface area contributed by atoms with Gasteiger partial charge in [0.1, 0.15) is 13.2 Å². The van der Waals surface area contributed by atoms with E-state index in [2.05, 4.69) is 0 Å². The fourth-order valence-electron chi connectivity index (χ4n) is 3.23. The van der Waals surface area contributed by atoms with E-state index >= 15 is 0 Å². The lowest BCUT2D eigenvalue weighted by molar-refractivity contribution is -0.163. The normalized spacial score (nSPS) is 19.6. The third-order valence-corrected chi connectivity index (χ3v) is 4.77. The van der Waals surface area contributed by atoms with Gasteiger partial charge in [-0.25, -0.2) is 0 Å². The summed E-state index contributed by atoms with van der Waals surface area (Å²) < 4.78 is 15.6. The Hall–Kier alpha value is -2.08. The topological polar surface area (TPSA) is 65.1 Å². The summed E-state index contributed by atoms with van der Waals surface area (Å²) in [6, 6.07) is 9.93. The number of benzene rings is 1. The lowest BCUT2D eigenvalue weighted by Gasteiger charge is -2.28. The van der Waals surface area contributed by atoms with Gasteiger partial charge in [-0.2, -0.15) is 0 Å². The fraction of sp³-hybridized carbons (Fsp3) is 0.600. The lowest BCUT2D eigenvalue weighted by atomic mass is 9.79. The highest BCUT2D eigenvalue weighted by Gasteiger charge is 2.37. The Morgan fingerprint density at radius 1 is 0.962 bits per heavy atom. The zero-order chi connectivity index (χ0) is 18.8.